The molecular formula is C19H25FN4O. The van der Waals surface area contributed by atoms with Crippen molar-refractivity contribution in [2.24, 2.45) is 5.92 Å². The fraction of sp³-hybridized carbons (Fsp3) is 0.526. The van der Waals surface area contributed by atoms with E-state index in [0.717, 1.165) is 57.3 Å². The van der Waals surface area contributed by atoms with Crippen LogP contribution in [0.3, 0.4) is 0 Å². The van der Waals surface area contributed by atoms with Crippen molar-refractivity contribution in [1.29, 1.82) is 0 Å². The Morgan fingerprint density at radius 1 is 1.32 bits per heavy atom. The zero-order valence-electron chi connectivity index (χ0n) is 14.5. The highest BCUT2D eigenvalue weighted by Gasteiger charge is 2.23. The zero-order valence-corrected chi connectivity index (χ0v) is 14.5. The van der Waals surface area contributed by atoms with E-state index in [0.29, 0.717) is 12.3 Å². The lowest BCUT2D eigenvalue weighted by molar-refractivity contribution is -0.133. The van der Waals surface area contributed by atoms with Crippen LogP contribution in [0.15, 0.2) is 36.9 Å². The molecule has 0 bridgehead atoms. The van der Waals surface area contributed by atoms with Crippen LogP contribution in [0.1, 0.15) is 37.7 Å². The molecule has 1 amide bonds. The van der Waals surface area contributed by atoms with Crippen molar-refractivity contribution in [3.8, 4) is 0 Å². The molecular weight excluding hydrogens is 319 g/mol. The summed E-state index contributed by atoms with van der Waals surface area (Å²) in [7, 11) is 0. The molecule has 1 aromatic heterocycles. The number of hydrogen-bond acceptors (Lipinski definition) is 3. The summed E-state index contributed by atoms with van der Waals surface area (Å²) in [5, 5.41) is 4.05. The van der Waals surface area contributed by atoms with Crippen molar-refractivity contribution in [2.75, 3.05) is 13.1 Å². The SMILES string of the molecule is O=C(CCCn1cncn1)N1CCCC(CCc2ccccc2F)C1. The number of carbonyl (C=O) groups excluding carboxylic acids is 1. The van der Waals surface area contributed by atoms with Crippen LogP contribution in [-0.4, -0.2) is 38.7 Å². The van der Waals surface area contributed by atoms with Crippen molar-refractivity contribution in [2.45, 2.75) is 45.1 Å². The first-order valence-electron chi connectivity index (χ1n) is 9.06. The predicted molar refractivity (Wildman–Crippen MR) is 93.3 cm³/mol. The molecule has 2 heterocycles. The van der Waals surface area contributed by atoms with Crippen LogP contribution in [0, 0.1) is 11.7 Å². The second-order valence-corrected chi connectivity index (χ2v) is 6.74. The van der Waals surface area contributed by atoms with Gasteiger partial charge in [-0.2, -0.15) is 5.10 Å². The van der Waals surface area contributed by atoms with Crippen LogP contribution in [0.25, 0.3) is 0 Å². The Kier molecular flexibility index (Phi) is 6.14. The second-order valence-electron chi connectivity index (χ2n) is 6.74. The minimum Gasteiger partial charge on any atom is -0.342 e. The molecule has 5 nitrogen and oxygen atoms in total. The highest BCUT2D eigenvalue weighted by atomic mass is 19.1. The maximum absolute atomic E-state index is 13.7. The monoisotopic (exact) mass is 344 g/mol. The molecule has 0 saturated carbocycles. The molecule has 134 valence electrons. The molecule has 1 atom stereocenters. The van der Waals surface area contributed by atoms with Crippen LogP contribution < -0.4 is 0 Å². The Morgan fingerprint density at radius 3 is 3.00 bits per heavy atom. The third-order valence-electron chi connectivity index (χ3n) is 4.90. The molecule has 0 spiro atoms. The predicted octanol–water partition coefficient (Wildman–Crippen LogP) is 3.07. The number of likely N-dealkylation sites (tertiary alicyclic amines) is 1. The van der Waals surface area contributed by atoms with Crippen LogP contribution >= 0.6 is 0 Å². The Labute approximate surface area is 147 Å². The minimum absolute atomic E-state index is 0.126. The summed E-state index contributed by atoms with van der Waals surface area (Å²) < 4.78 is 15.5. The quantitative estimate of drug-likeness (QED) is 0.776. The van der Waals surface area contributed by atoms with E-state index in [-0.39, 0.29) is 11.7 Å². The lowest BCUT2D eigenvalue weighted by atomic mass is 9.91. The van der Waals surface area contributed by atoms with E-state index in [9.17, 15) is 9.18 Å². The molecule has 1 saturated heterocycles. The average Bonchev–Trinajstić information content (AvgIpc) is 3.15. The van der Waals surface area contributed by atoms with E-state index in [2.05, 4.69) is 10.1 Å². The van der Waals surface area contributed by atoms with E-state index >= 15 is 0 Å². The molecule has 1 aliphatic rings. The highest BCUT2D eigenvalue weighted by Crippen LogP contribution is 2.23. The van der Waals surface area contributed by atoms with Gasteiger partial charge in [0.05, 0.1) is 0 Å². The van der Waals surface area contributed by atoms with Crippen molar-refractivity contribution >= 4 is 5.91 Å². The number of hydrogen-bond donors (Lipinski definition) is 0. The summed E-state index contributed by atoms with van der Waals surface area (Å²) in [5.41, 5.74) is 0.777. The molecule has 0 aliphatic carbocycles. The lowest BCUT2D eigenvalue weighted by Gasteiger charge is -2.33. The fourth-order valence-corrected chi connectivity index (χ4v) is 3.49. The second kappa shape index (κ2) is 8.74. The summed E-state index contributed by atoms with van der Waals surface area (Å²) in [6.45, 7) is 2.37. The average molecular weight is 344 g/mol. The van der Waals surface area contributed by atoms with Crippen molar-refractivity contribution < 1.29 is 9.18 Å². The van der Waals surface area contributed by atoms with Gasteiger partial charge in [-0.3, -0.25) is 9.48 Å². The number of aromatic nitrogens is 3. The van der Waals surface area contributed by atoms with Gasteiger partial charge >= 0.3 is 0 Å². The van der Waals surface area contributed by atoms with Gasteiger partial charge in [0, 0.05) is 26.1 Å². The number of amides is 1. The first-order chi connectivity index (χ1) is 12.2. The Bertz CT molecular complexity index is 674. The van der Waals surface area contributed by atoms with Gasteiger partial charge in [0.25, 0.3) is 0 Å². The van der Waals surface area contributed by atoms with E-state index in [1.807, 2.05) is 17.0 Å². The first-order valence-corrected chi connectivity index (χ1v) is 9.06. The van der Waals surface area contributed by atoms with Gasteiger partial charge in [0.15, 0.2) is 0 Å². The Hall–Kier alpha value is -2.24. The Balaban J connectivity index is 1.42. The van der Waals surface area contributed by atoms with Gasteiger partial charge < -0.3 is 4.90 Å². The number of halogens is 1. The maximum Gasteiger partial charge on any atom is 0.222 e. The van der Waals surface area contributed by atoms with Crippen LogP contribution in [0.5, 0.6) is 0 Å². The maximum atomic E-state index is 13.7. The van der Waals surface area contributed by atoms with Crippen LogP contribution in [-0.2, 0) is 17.8 Å². The molecule has 2 aromatic rings. The molecule has 0 N–H and O–H groups in total. The summed E-state index contributed by atoms with van der Waals surface area (Å²) >= 11 is 0. The molecule has 25 heavy (non-hydrogen) atoms. The summed E-state index contributed by atoms with van der Waals surface area (Å²) in [6, 6.07) is 6.97. The molecule has 1 aliphatic heterocycles. The topological polar surface area (TPSA) is 51.0 Å². The first kappa shape index (κ1) is 17.6. The third kappa shape index (κ3) is 5.11. The van der Waals surface area contributed by atoms with Gasteiger partial charge in [-0.25, -0.2) is 9.37 Å². The van der Waals surface area contributed by atoms with Crippen molar-refractivity contribution in [1.82, 2.24) is 19.7 Å². The van der Waals surface area contributed by atoms with Gasteiger partial charge in [0.2, 0.25) is 5.91 Å². The van der Waals surface area contributed by atoms with Gasteiger partial charge in [0.1, 0.15) is 18.5 Å². The van der Waals surface area contributed by atoms with E-state index in [1.54, 1.807) is 17.1 Å². The van der Waals surface area contributed by atoms with Gasteiger partial charge in [-0.1, -0.05) is 18.2 Å². The third-order valence-corrected chi connectivity index (χ3v) is 4.90. The van der Waals surface area contributed by atoms with Crippen molar-refractivity contribution in [3.05, 3.63) is 48.3 Å². The molecule has 1 unspecified atom stereocenters. The highest BCUT2D eigenvalue weighted by molar-refractivity contribution is 5.76. The van der Waals surface area contributed by atoms with E-state index in [4.69, 9.17) is 0 Å². The summed E-state index contributed by atoms with van der Waals surface area (Å²) in [4.78, 5) is 18.3. The van der Waals surface area contributed by atoms with Gasteiger partial charge in [-0.15, -0.1) is 0 Å². The molecule has 1 aromatic carbocycles. The normalized spacial score (nSPS) is 17.6. The molecule has 1 fully saturated rings. The molecule has 6 heteroatoms. The van der Waals surface area contributed by atoms with E-state index in [1.165, 1.54) is 12.4 Å². The fourth-order valence-electron chi connectivity index (χ4n) is 3.49. The van der Waals surface area contributed by atoms with Crippen LogP contribution in [0.4, 0.5) is 4.39 Å². The number of carbonyl (C=O) groups is 1. The molecule has 3 rings (SSSR count). The number of piperidine rings is 1. The largest absolute Gasteiger partial charge is 0.342 e. The number of rotatable bonds is 7. The number of aryl methyl sites for hydroxylation is 2. The zero-order chi connectivity index (χ0) is 17.5. The number of benzene rings is 1. The summed E-state index contributed by atoms with van der Waals surface area (Å²) in [5.74, 6) is 0.558. The van der Waals surface area contributed by atoms with Crippen molar-refractivity contribution in [3.63, 3.8) is 0 Å². The van der Waals surface area contributed by atoms with Crippen LogP contribution in [0.2, 0.25) is 0 Å². The number of nitrogens with zero attached hydrogens (tertiary/aromatic N) is 4. The minimum atomic E-state index is -0.126. The lowest BCUT2D eigenvalue weighted by Crippen LogP contribution is -2.40. The molecule has 0 radical (unpaired) electrons. The van der Waals surface area contributed by atoms with Gasteiger partial charge in [-0.05, 0) is 49.7 Å². The summed E-state index contributed by atoms with van der Waals surface area (Å²) in [6.07, 6.45) is 8.33. The van der Waals surface area contributed by atoms with E-state index < -0.39 is 0 Å². The smallest absolute Gasteiger partial charge is 0.222 e. The Morgan fingerprint density at radius 2 is 2.20 bits per heavy atom. The standard InChI is InChI=1S/C19H25FN4O/c20-18-7-2-1-6-17(18)10-9-16-5-3-11-23(13-16)19(25)8-4-12-24-15-21-14-22-24/h1-2,6-7,14-16H,3-5,8-13H2.